The quantitative estimate of drug-likeness (QED) is 0.649. The molecular weight excluding hydrogens is 350 g/mol. The fraction of sp³-hybridized carbons (Fsp3) is 0.368. The molecule has 3 aromatic rings. The van der Waals surface area contributed by atoms with Crippen LogP contribution in [0.2, 0.25) is 0 Å². The number of hydrogen-bond donors (Lipinski definition) is 0. The molecule has 4 rings (SSSR count). The molecular formula is C19H21N3O3S. The summed E-state index contributed by atoms with van der Waals surface area (Å²) in [5.41, 5.74) is 1.17. The Morgan fingerprint density at radius 3 is 2.92 bits per heavy atom. The summed E-state index contributed by atoms with van der Waals surface area (Å²) in [5.74, 6) is 2.89. The third kappa shape index (κ3) is 3.32. The van der Waals surface area contributed by atoms with E-state index in [-0.39, 0.29) is 6.04 Å². The molecule has 7 heteroatoms. The van der Waals surface area contributed by atoms with Crippen LogP contribution in [0.1, 0.15) is 30.3 Å². The molecule has 0 saturated carbocycles. The van der Waals surface area contributed by atoms with Crippen molar-refractivity contribution in [2.24, 2.45) is 0 Å². The number of aromatic nitrogens is 2. The first-order chi connectivity index (χ1) is 12.8. The predicted octanol–water partition coefficient (Wildman–Crippen LogP) is 4.15. The highest BCUT2D eigenvalue weighted by molar-refractivity contribution is 7.13. The molecule has 0 N–H and O–H groups in total. The Morgan fingerprint density at radius 1 is 1.23 bits per heavy atom. The lowest BCUT2D eigenvalue weighted by Crippen LogP contribution is -2.23. The van der Waals surface area contributed by atoms with Gasteiger partial charge in [-0.2, -0.15) is 0 Å². The molecule has 1 fully saturated rings. The van der Waals surface area contributed by atoms with Gasteiger partial charge in [-0.05, 0) is 36.9 Å². The molecule has 26 heavy (non-hydrogen) atoms. The summed E-state index contributed by atoms with van der Waals surface area (Å²) in [6.07, 6.45) is 2.21. The fourth-order valence-corrected chi connectivity index (χ4v) is 4.10. The van der Waals surface area contributed by atoms with Crippen molar-refractivity contribution in [1.82, 2.24) is 15.1 Å². The van der Waals surface area contributed by atoms with Crippen LogP contribution in [0, 0.1) is 0 Å². The zero-order chi connectivity index (χ0) is 17.9. The molecule has 0 aliphatic carbocycles. The smallest absolute Gasteiger partial charge is 0.257 e. The van der Waals surface area contributed by atoms with Gasteiger partial charge in [0, 0.05) is 17.7 Å². The monoisotopic (exact) mass is 371 g/mol. The number of benzene rings is 1. The van der Waals surface area contributed by atoms with Crippen molar-refractivity contribution >= 4 is 11.3 Å². The van der Waals surface area contributed by atoms with Crippen LogP contribution in [-0.4, -0.2) is 35.9 Å². The zero-order valence-electron chi connectivity index (χ0n) is 14.8. The zero-order valence-corrected chi connectivity index (χ0v) is 15.7. The molecule has 1 atom stereocenters. The van der Waals surface area contributed by atoms with Gasteiger partial charge in [0.05, 0.1) is 25.6 Å². The van der Waals surface area contributed by atoms with Crippen molar-refractivity contribution < 1.29 is 13.9 Å². The first-order valence-electron chi connectivity index (χ1n) is 8.60. The van der Waals surface area contributed by atoms with Crippen LogP contribution in [0.5, 0.6) is 11.5 Å². The average molecular weight is 371 g/mol. The first kappa shape index (κ1) is 17.1. The molecule has 1 saturated heterocycles. The van der Waals surface area contributed by atoms with E-state index in [9.17, 15) is 0 Å². The second-order valence-electron chi connectivity index (χ2n) is 6.21. The summed E-state index contributed by atoms with van der Waals surface area (Å²) in [7, 11) is 3.36. The Balaban J connectivity index is 1.54. The minimum Gasteiger partial charge on any atom is -0.497 e. The lowest BCUT2D eigenvalue weighted by Gasteiger charge is -2.25. The van der Waals surface area contributed by atoms with Gasteiger partial charge in [0.25, 0.3) is 5.89 Å². The second-order valence-corrected chi connectivity index (χ2v) is 7.16. The summed E-state index contributed by atoms with van der Waals surface area (Å²) in [6.45, 7) is 1.63. The number of hydrogen-bond acceptors (Lipinski definition) is 7. The van der Waals surface area contributed by atoms with Gasteiger partial charge in [0.2, 0.25) is 5.89 Å². The summed E-state index contributed by atoms with van der Waals surface area (Å²) in [4.78, 5) is 3.37. The minimum absolute atomic E-state index is 0.271. The maximum atomic E-state index is 5.86. The molecule has 0 amide bonds. The molecule has 1 aliphatic rings. The van der Waals surface area contributed by atoms with Gasteiger partial charge >= 0.3 is 0 Å². The van der Waals surface area contributed by atoms with E-state index in [4.69, 9.17) is 13.9 Å². The van der Waals surface area contributed by atoms with Crippen LogP contribution in [0.15, 0.2) is 40.1 Å². The molecule has 6 nitrogen and oxygen atoms in total. The Kier molecular flexibility index (Phi) is 4.90. The number of methoxy groups -OCH3 is 2. The largest absolute Gasteiger partial charge is 0.497 e. The van der Waals surface area contributed by atoms with E-state index in [0.29, 0.717) is 18.3 Å². The van der Waals surface area contributed by atoms with E-state index in [2.05, 4.69) is 21.2 Å². The van der Waals surface area contributed by atoms with Crippen LogP contribution in [0.4, 0.5) is 0 Å². The van der Waals surface area contributed by atoms with Gasteiger partial charge in [-0.15, -0.1) is 21.5 Å². The Bertz CT molecular complexity index is 863. The number of ether oxygens (including phenoxy) is 2. The average Bonchev–Trinajstić information content (AvgIpc) is 3.43. The van der Waals surface area contributed by atoms with E-state index in [1.807, 2.05) is 29.6 Å². The maximum Gasteiger partial charge on any atom is 0.257 e. The molecule has 136 valence electrons. The van der Waals surface area contributed by atoms with Crippen LogP contribution in [-0.2, 0) is 6.54 Å². The molecule has 1 aliphatic heterocycles. The lowest BCUT2D eigenvalue weighted by atomic mass is 10.0. The van der Waals surface area contributed by atoms with Crippen molar-refractivity contribution in [3.05, 3.63) is 47.2 Å². The molecule has 1 unspecified atom stereocenters. The normalized spacial score (nSPS) is 17.5. The number of thiophene rings is 1. The SMILES string of the molecule is COc1ccc(C2CCCN2Cc2nnc(-c3cccs3)o2)c(OC)c1. The Hall–Kier alpha value is -2.38. The molecule has 3 heterocycles. The van der Waals surface area contributed by atoms with Crippen LogP contribution >= 0.6 is 11.3 Å². The topological polar surface area (TPSA) is 60.6 Å². The van der Waals surface area contributed by atoms with Crippen molar-refractivity contribution in [2.45, 2.75) is 25.4 Å². The summed E-state index contributed by atoms with van der Waals surface area (Å²) in [5, 5.41) is 10.4. The van der Waals surface area contributed by atoms with Crippen LogP contribution in [0.25, 0.3) is 10.8 Å². The number of rotatable bonds is 6. The third-order valence-corrected chi connectivity index (χ3v) is 5.56. The van der Waals surface area contributed by atoms with Gasteiger partial charge in [-0.1, -0.05) is 12.1 Å². The van der Waals surface area contributed by atoms with Gasteiger partial charge in [-0.3, -0.25) is 4.90 Å². The minimum atomic E-state index is 0.271. The third-order valence-electron chi connectivity index (χ3n) is 4.70. The van der Waals surface area contributed by atoms with Gasteiger partial charge in [0.1, 0.15) is 11.5 Å². The summed E-state index contributed by atoms with van der Waals surface area (Å²) >= 11 is 1.60. The van der Waals surface area contributed by atoms with Crippen molar-refractivity contribution in [3.63, 3.8) is 0 Å². The van der Waals surface area contributed by atoms with Crippen molar-refractivity contribution in [1.29, 1.82) is 0 Å². The molecule has 0 radical (unpaired) electrons. The fourth-order valence-electron chi connectivity index (χ4n) is 3.45. The van der Waals surface area contributed by atoms with Gasteiger partial charge in [-0.25, -0.2) is 0 Å². The van der Waals surface area contributed by atoms with E-state index >= 15 is 0 Å². The van der Waals surface area contributed by atoms with E-state index in [1.54, 1.807) is 25.6 Å². The van der Waals surface area contributed by atoms with Crippen molar-refractivity contribution in [2.75, 3.05) is 20.8 Å². The first-order valence-corrected chi connectivity index (χ1v) is 9.48. The number of likely N-dealkylation sites (tertiary alicyclic amines) is 1. The highest BCUT2D eigenvalue weighted by Gasteiger charge is 2.30. The molecule has 0 spiro atoms. The summed E-state index contributed by atoms with van der Waals surface area (Å²) < 4.78 is 16.8. The number of nitrogens with zero attached hydrogens (tertiary/aromatic N) is 3. The lowest BCUT2D eigenvalue weighted by molar-refractivity contribution is 0.220. The van der Waals surface area contributed by atoms with E-state index in [0.717, 1.165) is 35.8 Å². The van der Waals surface area contributed by atoms with E-state index < -0.39 is 0 Å². The molecule has 1 aromatic carbocycles. The highest BCUT2D eigenvalue weighted by atomic mass is 32.1. The molecule has 0 bridgehead atoms. The molecule has 2 aromatic heterocycles. The maximum absolute atomic E-state index is 5.86. The van der Waals surface area contributed by atoms with E-state index in [1.165, 1.54) is 5.56 Å². The van der Waals surface area contributed by atoms with Gasteiger partial charge in [0.15, 0.2) is 0 Å². The highest BCUT2D eigenvalue weighted by Crippen LogP contribution is 2.39. The van der Waals surface area contributed by atoms with Crippen LogP contribution in [0.3, 0.4) is 0 Å². The van der Waals surface area contributed by atoms with Crippen molar-refractivity contribution in [3.8, 4) is 22.3 Å². The Morgan fingerprint density at radius 2 is 2.15 bits per heavy atom. The van der Waals surface area contributed by atoms with Gasteiger partial charge < -0.3 is 13.9 Å². The Labute approximate surface area is 156 Å². The summed E-state index contributed by atoms with van der Waals surface area (Å²) in [6, 6.07) is 10.3. The standard InChI is InChI=1S/C19H21N3O3S/c1-23-13-7-8-14(16(11-13)24-2)15-5-3-9-22(15)12-18-20-21-19(25-18)17-6-4-10-26-17/h4,6-8,10-11,15H,3,5,9,12H2,1-2H3. The van der Waals surface area contributed by atoms with Crippen LogP contribution < -0.4 is 9.47 Å². The second kappa shape index (κ2) is 7.47. The predicted molar refractivity (Wildman–Crippen MR) is 99.5 cm³/mol.